The highest BCUT2D eigenvalue weighted by Gasteiger charge is 2.07. The Morgan fingerprint density at radius 1 is 1.28 bits per heavy atom. The Morgan fingerprint density at radius 3 is 2.67 bits per heavy atom. The van der Waals surface area contributed by atoms with Crippen LogP contribution >= 0.6 is 38.5 Å². The molecule has 2 N–H and O–H groups in total. The molecule has 0 aliphatic rings. The predicted octanol–water partition coefficient (Wildman–Crippen LogP) is 3.68. The van der Waals surface area contributed by atoms with Gasteiger partial charge in [-0.1, -0.05) is 28.8 Å². The number of amides is 1. The van der Waals surface area contributed by atoms with Gasteiger partial charge in [-0.25, -0.2) is 0 Å². The van der Waals surface area contributed by atoms with Gasteiger partial charge in [0.05, 0.1) is 3.57 Å². The molecule has 0 aromatic heterocycles. The zero-order chi connectivity index (χ0) is 13.4. The van der Waals surface area contributed by atoms with E-state index < -0.39 is 0 Å². The maximum absolute atomic E-state index is 11.8. The van der Waals surface area contributed by atoms with Gasteiger partial charge >= 0.3 is 0 Å². The molecule has 1 rings (SSSR count). The first-order chi connectivity index (χ1) is 8.65. The summed E-state index contributed by atoms with van der Waals surface area (Å²) in [6.07, 6.45) is 4.49. The zero-order valence-electron chi connectivity index (χ0n) is 10.1. The molecule has 0 saturated heterocycles. The van der Waals surface area contributed by atoms with Crippen LogP contribution in [-0.2, 0) is 0 Å². The second kappa shape index (κ2) is 8.74. The summed E-state index contributed by atoms with van der Waals surface area (Å²) in [6.45, 7) is 0.688. The highest BCUT2D eigenvalue weighted by molar-refractivity contribution is 14.1. The van der Waals surface area contributed by atoms with E-state index in [0.717, 1.165) is 21.7 Å². The van der Waals surface area contributed by atoms with Crippen LogP contribution in [-0.4, -0.2) is 22.9 Å². The van der Waals surface area contributed by atoms with Gasteiger partial charge in [-0.2, -0.15) is 0 Å². The van der Waals surface area contributed by atoms with Crippen molar-refractivity contribution in [3.05, 3.63) is 27.3 Å². The quantitative estimate of drug-likeness (QED) is 0.397. The van der Waals surface area contributed by atoms with E-state index in [0.29, 0.717) is 12.1 Å². The molecule has 0 aliphatic carbocycles. The lowest BCUT2D eigenvalue weighted by Crippen LogP contribution is -2.24. The summed E-state index contributed by atoms with van der Waals surface area (Å²) in [6, 6.07) is 4.96. The molecule has 18 heavy (non-hydrogen) atoms. The number of alkyl halides is 1. The third-order valence-corrected chi connectivity index (χ3v) is 4.03. The molecule has 5 heteroatoms. The maximum Gasteiger partial charge on any atom is 0.251 e. The van der Waals surface area contributed by atoms with Crippen LogP contribution in [0.4, 0.5) is 0 Å². The number of halogens is 2. The van der Waals surface area contributed by atoms with Gasteiger partial charge in [0, 0.05) is 17.4 Å². The summed E-state index contributed by atoms with van der Waals surface area (Å²) < 4.78 is 0.749. The number of carbonyl (C=O) groups excluding carboxylic acids is 1. The first kappa shape index (κ1) is 15.8. The molecule has 3 nitrogen and oxygen atoms in total. The lowest BCUT2D eigenvalue weighted by atomic mass is 10.2. The molecule has 0 heterocycles. The fourth-order valence-electron chi connectivity index (χ4n) is 1.53. The van der Waals surface area contributed by atoms with Crippen LogP contribution in [0, 0.1) is 3.57 Å². The number of phenolic OH excluding ortho intramolecular Hbond substituents is 1. The van der Waals surface area contributed by atoms with Crippen LogP contribution in [0.2, 0.25) is 0 Å². The predicted molar refractivity (Wildman–Crippen MR) is 85.4 cm³/mol. The smallest absolute Gasteiger partial charge is 0.251 e. The molecule has 0 aliphatic heterocycles. The molecule has 0 radical (unpaired) electrons. The zero-order valence-corrected chi connectivity index (χ0v) is 13.8. The highest BCUT2D eigenvalue weighted by Crippen LogP contribution is 2.20. The Hall–Kier alpha value is -0.300. The molecule has 1 amide bonds. The van der Waals surface area contributed by atoms with E-state index in [-0.39, 0.29) is 11.7 Å². The fraction of sp³-hybridized carbons (Fsp3) is 0.462. The van der Waals surface area contributed by atoms with Crippen molar-refractivity contribution in [2.24, 2.45) is 0 Å². The molecule has 100 valence electrons. The Labute approximate surface area is 130 Å². The second-order valence-electron chi connectivity index (χ2n) is 4.03. The van der Waals surface area contributed by atoms with E-state index in [9.17, 15) is 9.90 Å². The Morgan fingerprint density at radius 2 is 2.00 bits per heavy atom. The first-order valence-electron chi connectivity index (χ1n) is 5.98. The van der Waals surface area contributed by atoms with E-state index >= 15 is 0 Å². The van der Waals surface area contributed by atoms with Gasteiger partial charge < -0.3 is 10.4 Å². The number of nitrogens with one attached hydrogen (secondary N) is 1. The number of aromatic hydroxyl groups is 1. The highest BCUT2D eigenvalue weighted by atomic mass is 127. The van der Waals surface area contributed by atoms with E-state index in [4.69, 9.17) is 0 Å². The monoisotopic (exact) mass is 425 g/mol. The van der Waals surface area contributed by atoms with Gasteiger partial charge in [0.1, 0.15) is 5.75 Å². The average molecular weight is 426 g/mol. The molecule has 0 spiro atoms. The van der Waals surface area contributed by atoms with Crippen LogP contribution < -0.4 is 5.32 Å². The Kier molecular flexibility index (Phi) is 7.65. The van der Waals surface area contributed by atoms with Gasteiger partial charge in [-0.05, 0) is 53.6 Å². The van der Waals surface area contributed by atoms with E-state index in [1.165, 1.54) is 18.9 Å². The molecular formula is C13H17BrINO2. The molecule has 1 aromatic rings. The van der Waals surface area contributed by atoms with Crippen molar-refractivity contribution in [1.29, 1.82) is 0 Å². The third kappa shape index (κ3) is 5.56. The van der Waals surface area contributed by atoms with Crippen molar-refractivity contribution in [2.75, 3.05) is 11.9 Å². The molecule has 0 bridgehead atoms. The van der Waals surface area contributed by atoms with Crippen LogP contribution in [0.1, 0.15) is 36.0 Å². The van der Waals surface area contributed by atoms with Crippen LogP contribution in [0.15, 0.2) is 18.2 Å². The van der Waals surface area contributed by atoms with Crippen LogP contribution in [0.25, 0.3) is 0 Å². The standard InChI is InChI=1S/C13H17BrINO2/c14-7-3-1-2-4-8-16-13(18)10-5-6-11(15)12(17)9-10/h5-6,9,17H,1-4,7-8H2,(H,16,18). The maximum atomic E-state index is 11.8. The van der Waals surface area contributed by atoms with Crippen molar-refractivity contribution in [3.63, 3.8) is 0 Å². The lowest BCUT2D eigenvalue weighted by molar-refractivity contribution is 0.0952. The van der Waals surface area contributed by atoms with Crippen molar-refractivity contribution < 1.29 is 9.90 Å². The van der Waals surface area contributed by atoms with Gasteiger partial charge in [0.25, 0.3) is 5.91 Å². The van der Waals surface area contributed by atoms with Gasteiger partial charge in [0.15, 0.2) is 0 Å². The average Bonchev–Trinajstić information content (AvgIpc) is 2.36. The summed E-state index contributed by atoms with van der Waals surface area (Å²) in [4.78, 5) is 11.8. The molecule has 0 unspecified atom stereocenters. The van der Waals surface area contributed by atoms with Crippen molar-refractivity contribution in [2.45, 2.75) is 25.7 Å². The number of hydrogen-bond acceptors (Lipinski definition) is 2. The number of phenols is 1. The minimum atomic E-state index is -0.123. The van der Waals surface area contributed by atoms with Crippen molar-refractivity contribution in [1.82, 2.24) is 5.32 Å². The number of hydrogen-bond donors (Lipinski definition) is 2. The minimum absolute atomic E-state index is 0.123. The Balaban J connectivity index is 2.30. The SMILES string of the molecule is O=C(NCCCCCCBr)c1ccc(I)c(O)c1. The normalized spacial score (nSPS) is 10.3. The van der Waals surface area contributed by atoms with E-state index in [1.807, 2.05) is 22.6 Å². The van der Waals surface area contributed by atoms with E-state index in [2.05, 4.69) is 21.2 Å². The number of unbranched alkanes of at least 4 members (excludes halogenated alkanes) is 3. The third-order valence-electron chi connectivity index (χ3n) is 2.55. The van der Waals surface area contributed by atoms with Crippen molar-refractivity contribution >= 4 is 44.4 Å². The van der Waals surface area contributed by atoms with Gasteiger partial charge in [-0.15, -0.1) is 0 Å². The minimum Gasteiger partial charge on any atom is -0.507 e. The first-order valence-corrected chi connectivity index (χ1v) is 8.18. The van der Waals surface area contributed by atoms with Gasteiger partial charge in [-0.3, -0.25) is 4.79 Å². The largest absolute Gasteiger partial charge is 0.507 e. The molecular weight excluding hydrogens is 409 g/mol. The molecule has 0 fully saturated rings. The van der Waals surface area contributed by atoms with E-state index in [1.54, 1.807) is 12.1 Å². The molecule has 0 saturated carbocycles. The second-order valence-corrected chi connectivity index (χ2v) is 5.98. The van der Waals surface area contributed by atoms with Crippen LogP contribution in [0.3, 0.4) is 0 Å². The topological polar surface area (TPSA) is 49.3 Å². The molecule has 1 aromatic carbocycles. The summed E-state index contributed by atoms with van der Waals surface area (Å²) >= 11 is 5.42. The van der Waals surface area contributed by atoms with Gasteiger partial charge in [0.2, 0.25) is 0 Å². The lowest BCUT2D eigenvalue weighted by Gasteiger charge is -2.06. The summed E-state index contributed by atoms with van der Waals surface area (Å²) in [7, 11) is 0. The van der Waals surface area contributed by atoms with Crippen LogP contribution in [0.5, 0.6) is 5.75 Å². The number of benzene rings is 1. The molecule has 0 atom stereocenters. The Bertz CT molecular complexity index is 399. The fourth-order valence-corrected chi connectivity index (χ4v) is 2.26. The summed E-state index contributed by atoms with van der Waals surface area (Å²) in [5, 5.41) is 13.4. The summed E-state index contributed by atoms with van der Waals surface area (Å²) in [5.74, 6) is 0.0303. The van der Waals surface area contributed by atoms with Crippen molar-refractivity contribution in [3.8, 4) is 5.75 Å². The number of rotatable bonds is 7. The number of carbonyl (C=O) groups is 1. The summed E-state index contributed by atoms with van der Waals surface area (Å²) in [5.41, 5.74) is 0.508.